The van der Waals surface area contributed by atoms with Crippen LogP contribution in [0.2, 0.25) is 0 Å². The SMILES string of the molecule is CNCc1cccc(NC(=O)C2CC(C)CC2C(=O)O)c1. The van der Waals surface area contributed by atoms with Gasteiger partial charge in [0.25, 0.3) is 0 Å². The van der Waals surface area contributed by atoms with Crippen LogP contribution in [0.3, 0.4) is 0 Å². The fourth-order valence-electron chi connectivity index (χ4n) is 3.05. The van der Waals surface area contributed by atoms with Crippen LogP contribution in [0, 0.1) is 17.8 Å². The molecular formula is C16H22N2O3. The van der Waals surface area contributed by atoms with Gasteiger partial charge in [-0.05, 0) is 43.5 Å². The molecule has 3 unspecified atom stereocenters. The Labute approximate surface area is 124 Å². The third kappa shape index (κ3) is 3.82. The highest BCUT2D eigenvalue weighted by Crippen LogP contribution is 2.37. The molecule has 3 atom stereocenters. The zero-order valence-electron chi connectivity index (χ0n) is 12.4. The number of carboxylic acids is 1. The molecular weight excluding hydrogens is 268 g/mol. The first-order chi connectivity index (χ1) is 10.0. The number of amides is 1. The lowest BCUT2D eigenvalue weighted by Crippen LogP contribution is -2.30. The van der Waals surface area contributed by atoms with E-state index in [1.54, 1.807) is 0 Å². The highest BCUT2D eigenvalue weighted by Gasteiger charge is 2.41. The molecule has 0 bridgehead atoms. The average Bonchev–Trinajstić information content (AvgIpc) is 2.82. The Morgan fingerprint density at radius 2 is 2.00 bits per heavy atom. The van der Waals surface area contributed by atoms with Crippen LogP contribution in [-0.4, -0.2) is 24.0 Å². The summed E-state index contributed by atoms with van der Waals surface area (Å²) in [5.74, 6) is -1.79. The van der Waals surface area contributed by atoms with Crippen LogP contribution in [0.1, 0.15) is 25.3 Å². The number of benzene rings is 1. The van der Waals surface area contributed by atoms with Gasteiger partial charge in [0.15, 0.2) is 0 Å². The van der Waals surface area contributed by atoms with E-state index in [1.165, 1.54) is 0 Å². The summed E-state index contributed by atoms with van der Waals surface area (Å²) in [6.07, 6.45) is 1.21. The zero-order chi connectivity index (χ0) is 15.4. The zero-order valence-corrected chi connectivity index (χ0v) is 12.4. The first-order valence-electron chi connectivity index (χ1n) is 7.28. The fraction of sp³-hybridized carbons (Fsp3) is 0.500. The summed E-state index contributed by atoms with van der Waals surface area (Å²) < 4.78 is 0. The Bertz CT molecular complexity index is 530. The number of aliphatic carboxylic acids is 1. The van der Waals surface area contributed by atoms with Gasteiger partial charge in [-0.25, -0.2) is 0 Å². The minimum atomic E-state index is -0.872. The van der Waals surface area contributed by atoms with Crippen LogP contribution in [0.25, 0.3) is 0 Å². The number of hydrogen-bond donors (Lipinski definition) is 3. The second kappa shape index (κ2) is 6.72. The van der Waals surface area contributed by atoms with E-state index < -0.39 is 17.8 Å². The van der Waals surface area contributed by atoms with E-state index in [0.29, 0.717) is 12.8 Å². The van der Waals surface area contributed by atoms with Gasteiger partial charge in [-0.1, -0.05) is 19.1 Å². The van der Waals surface area contributed by atoms with E-state index in [1.807, 2.05) is 38.2 Å². The average molecular weight is 290 g/mol. The van der Waals surface area contributed by atoms with Crippen molar-refractivity contribution in [3.8, 4) is 0 Å². The molecule has 5 heteroatoms. The van der Waals surface area contributed by atoms with Crippen molar-refractivity contribution >= 4 is 17.6 Å². The summed E-state index contributed by atoms with van der Waals surface area (Å²) in [5, 5.41) is 15.2. The number of nitrogens with one attached hydrogen (secondary N) is 2. The van der Waals surface area contributed by atoms with E-state index in [9.17, 15) is 14.7 Å². The maximum atomic E-state index is 12.4. The molecule has 1 aromatic carbocycles. The van der Waals surface area contributed by atoms with Gasteiger partial charge in [0.1, 0.15) is 0 Å². The quantitative estimate of drug-likeness (QED) is 0.776. The number of carboxylic acid groups (broad SMARTS) is 1. The number of hydrogen-bond acceptors (Lipinski definition) is 3. The van der Waals surface area contributed by atoms with Crippen molar-refractivity contribution in [2.24, 2.45) is 17.8 Å². The van der Waals surface area contributed by atoms with Gasteiger partial charge >= 0.3 is 5.97 Å². The normalized spacial score (nSPS) is 24.8. The second-order valence-electron chi connectivity index (χ2n) is 5.85. The molecule has 0 spiro atoms. The Balaban J connectivity index is 2.07. The minimum Gasteiger partial charge on any atom is -0.481 e. The van der Waals surface area contributed by atoms with Crippen molar-refractivity contribution in [1.29, 1.82) is 0 Å². The predicted octanol–water partition coefficient (Wildman–Crippen LogP) is 2.09. The Morgan fingerprint density at radius 3 is 2.67 bits per heavy atom. The van der Waals surface area contributed by atoms with E-state index in [4.69, 9.17) is 0 Å². The summed E-state index contributed by atoms with van der Waals surface area (Å²) in [5.41, 5.74) is 1.79. The van der Waals surface area contributed by atoms with Crippen molar-refractivity contribution < 1.29 is 14.7 Å². The van der Waals surface area contributed by atoms with E-state index in [0.717, 1.165) is 17.8 Å². The number of anilines is 1. The summed E-state index contributed by atoms with van der Waals surface area (Å²) in [7, 11) is 1.86. The lowest BCUT2D eigenvalue weighted by molar-refractivity contribution is -0.145. The van der Waals surface area contributed by atoms with Gasteiger partial charge in [-0.2, -0.15) is 0 Å². The van der Waals surface area contributed by atoms with Crippen molar-refractivity contribution in [3.63, 3.8) is 0 Å². The molecule has 1 fully saturated rings. The molecule has 0 radical (unpaired) electrons. The van der Waals surface area contributed by atoms with Gasteiger partial charge in [-0.3, -0.25) is 9.59 Å². The van der Waals surface area contributed by atoms with Crippen LogP contribution in [0.4, 0.5) is 5.69 Å². The highest BCUT2D eigenvalue weighted by molar-refractivity contribution is 5.95. The molecule has 3 N–H and O–H groups in total. The number of rotatable bonds is 5. The van der Waals surface area contributed by atoms with Crippen LogP contribution >= 0.6 is 0 Å². The molecule has 5 nitrogen and oxygen atoms in total. The molecule has 2 rings (SSSR count). The van der Waals surface area contributed by atoms with Crippen molar-refractivity contribution in [3.05, 3.63) is 29.8 Å². The van der Waals surface area contributed by atoms with Crippen LogP contribution < -0.4 is 10.6 Å². The lowest BCUT2D eigenvalue weighted by atomic mass is 9.95. The van der Waals surface area contributed by atoms with Crippen LogP contribution in [-0.2, 0) is 16.1 Å². The molecule has 0 aromatic heterocycles. The van der Waals surface area contributed by atoms with Gasteiger partial charge in [0, 0.05) is 12.2 Å². The highest BCUT2D eigenvalue weighted by atomic mass is 16.4. The summed E-state index contributed by atoms with van der Waals surface area (Å²) in [4.78, 5) is 23.6. The summed E-state index contributed by atoms with van der Waals surface area (Å²) in [6.45, 7) is 2.72. The third-order valence-corrected chi connectivity index (χ3v) is 4.03. The molecule has 0 saturated heterocycles. The number of carbonyl (C=O) groups excluding carboxylic acids is 1. The first kappa shape index (κ1) is 15.5. The van der Waals surface area contributed by atoms with Crippen LogP contribution in [0.5, 0.6) is 0 Å². The van der Waals surface area contributed by atoms with Gasteiger partial charge in [0.2, 0.25) is 5.91 Å². The fourth-order valence-corrected chi connectivity index (χ4v) is 3.05. The third-order valence-electron chi connectivity index (χ3n) is 4.03. The topological polar surface area (TPSA) is 78.4 Å². The van der Waals surface area contributed by atoms with E-state index in [2.05, 4.69) is 10.6 Å². The molecule has 1 amide bonds. The van der Waals surface area contributed by atoms with Crippen molar-refractivity contribution in [1.82, 2.24) is 5.32 Å². The van der Waals surface area contributed by atoms with E-state index >= 15 is 0 Å². The Morgan fingerprint density at radius 1 is 1.29 bits per heavy atom. The predicted molar refractivity (Wildman–Crippen MR) is 80.8 cm³/mol. The van der Waals surface area contributed by atoms with Gasteiger partial charge in [0.05, 0.1) is 11.8 Å². The van der Waals surface area contributed by atoms with E-state index in [-0.39, 0.29) is 11.8 Å². The maximum Gasteiger partial charge on any atom is 0.307 e. The summed E-state index contributed by atoms with van der Waals surface area (Å²) in [6, 6.07) is 7.59. The molecule has 1 aromatic rings. The van der Waals surface area contributed by atoms with Crippen molar-refractivity contribution in [2.45, 2.75) is 26.3 Å². The first-order valence-corrected chi connectivity index (χ1v) is 7.28. The monoisotopic (exact) mass is 290 g/mol. The molecule has 114 valence electrons. The number of carbonyl (C=O) groups is 2. The molecule has 0 heterocycles. The largest absolute Gasteiger partial charge is 0.481 e. The molecule has 1 aliphatic carbocycles. The second-order valence-corrected chi connectivity index (χ2v) is 5.85. The maximum absolute atomic E-state index is 12.4. The summed E-state index contributed by atoms with van der Waals surface area (Å²) >= 11 is 0. The minimum absolute atomic E-state index is 0.187. The standard InChI is InChI=1S/C16H22N2O3/c1-10-6-13(14(7-10)16(20)21)15(19)18-12-5-3-4-11(8-12)9-17-2/h3-5,8,10,13-14,17H,6-7,9H2,1-2H3,(H,18,19)(H,20,21). The lowest BCUT2D eigenvalue weighted by Gasteiger charge is -2.16. The molecule has 1 saturated carbocycles. The van der Waals surface area contributed by atoms with Gasteiger partial charge in [-0.15, -0.1) is 0 Å². The molecule has 0 aliphatic heterocycles. The Kier molecular flexibility index (Phi) is 4.96. The molecule has 21 heavy (non-hydrogen) atoms. The Hall–Kier alpha value is -1.88. The molecule has 1 aliphatic rings. The smallest absolute Gasteiger partial charge is 0.307 e. The van der Waals surface area contributed by atoms with Crippen LogP contribution in [0.15, 0.2) is 24.3 Å². The van der Waals surface area contributed by atoms with Gasteiger partial charge < -0.3 is 15.7 Å². The van der Waals surface area contributed by atoms with Crippen molar-refractivity contribution in [2.75, 3.05) is 12.4 Å².